The van der Waals surface area contributed by atoms with Crippen molar-refractivity contribution >= 4 is 23.1 Å². The first-order valence-corrected chi connectivity index (χ1v) is 7.33. The van der Waals surface area contributed by atoms with E-state index in [1.54, 1.807) is 0 Å². The summed E-state index contributed by atoms with van der Waals surface area (Å²) < 4.78 is 1.95. The van der Waals surface area contributed by atoms with Crippen LogP contribution < -0.4 is 5.32 Å². The van der Waals surface area contributed by atoms with Gasteiger partial charge in [-0.15, -0.1) is 10.2 Å². The summed E-state index contributed by atoms with van der Waals surface area (Å²) in [6.07, 6.45) is 4.51. The molecular weight excluding hydrogens is 262 g/mol. The first-order valence-electron chi connectivity index (χ1n) is 6.51. The first kappa shape index (κ1) is 11.1. The van der Waals surface area contributed by atoms with Crippen molar-refractivity contribution in [2.45, 2.75) is 38.1 Å². The zero-order chi connectivity index (χ0) is 12.8. The van der Waals surface area contributed by atoms with Gasteiger partial charge in [0.2, 0.25) is 5.01 Å². The summed E-state index contributed by atoms with van der Waals surface area (Å²) in [5.41, 5.74) is 1.19. The number of carbonyl (C=O) groups is 1. The lowest BCUT2D eigenvalue weighted by Gasteiger charge is -1.97. The fourth-order valence-electron chi connectivity index (χ4n) is 2.31. The molecule has 3 heterocycles. The molecule has 1 fully saturated rings. The molecule has 4 rings (SSSR count). The van der Waals surface area contributed by atoms with Crippen molar-refractivity contribution in [1.82, 2.24) is 20.0 Å². The second-order valence-corrected chi connectivity index (χ2v) is 6.03. The molecule has 0 atom stereocenters. The van der Waals surface area contributed by atoms with Crippen molar-refractivity contribution in [2.75, 3.05) is 5.32 Å². The first-order chi connectivity index (χ1) is 9.29. The zero-order valence-corrected chi connectivity index (χ0v) is 11.1. The van der Waals surface area contributed by atoms with Crippen LogP contribution in [0.1, 0.15) is 45.7 Å². The van der Waals surface area contributed by atoms with Crippen molar-refractivity contribution < 1.29 is 4.79 Å². The maximum Gasteiger partial charge on any atom is 0.287 e. The van der Waals surface area contributed by atoms with Gasteiger partial charge < -0.3 is 5.32 Å². The van der Waals surface area contributed by atoms with E-state index in [0.29, 0.717) is 16.7 Å². The Bertz CT molecular complexity index is 621. The zero-order valence-electron chi connectivity index (χ0n) is 10.3. The number of amides is 1. The van der Waals surface area contributed by atoms with E-state index < -0.39 is 0 Å². The fourth-order valence-corrected chi connectivity index (χ4v) is 3.22. The van der Waals surface area contributed by atoms with E-state index >= 15 is 0 Å². The van der Waals surface area contributed by atoms with E-state index in [2.05, 4.69) is 20.6 Å². The highest BCUT2D eigenvalue weighted by Gasteiger charge is 2.28. The van der Waals surface area contributed by atoms with Crippen LogP contribution in [0.4, 0.5) is 5.82 Å². The monoisotopic (exact) mass is 275 g/mol. The number of hydrogen-bond acceptors (Lipinski definition) is 5. The van der Waals surface area contributed by atoms with E-state index in [-0.39, 0.29) is 5.91 Å². The molecule has 2 aromatic rings. The van der Waals surface area contributed by atoms with Crippen LogP contribution in [0.25, 0.3) is 0 Å². The molecule has 1 aliphatic carbocycles. The molecule has 0 unspecified atom stereocenters. The fraction of sp³-hybridized carbons (Fsp3) is 0.500. The van der Waals surface area contributed by atoms with E-state index in [4.69, 9.17) is 0 Å². The van der Waals surface area contributed by atoms with E-state index in [9.17, 15) is 4.79 Å². The van der Waals surface area contributed by atoms with Crippen LogP contribution in [0.5, 0.6) is 0 Å². The number of nitrogens with one attached hydrogen (secondary N) is 1. The summed E-state index contributed by atoms with van der Waals surface area (Å²) >= 11 is 1.39. The number of rotatable bonds is 3. The summed E-state index contributed by atoms with van der Waals surface area (Å²) in [7, 11) is 0. The maximum atomic E-state index is 12.0. The normalized spacial score (nSPS) is 17.5. The average molecular weight is 275 g/mol. The third-order valence-corrected chi connectivity index (χ3v) is 4.55. The second-order valence-electron chi connectivity index (χ2n) is 5.02. The predicted molar refractivity (Wildman–Crippen MR) is 70.4 cm³/mol. The van der Waals surface area contributed by atoms with Gasteiger partial charge in [0.05, 0.1) is 0 Å². The molecule has 6 nitrogen and oxygen atoms in total. The van der Waals surface area contributed by atoms with Gasteiger partial charge in [0.1, 0.15) is 5.01 Å². The van der Waals surface area contributed by atoms with Crippen LogP contribution in [0.3, 0.4) is 0 Å². The number of fused-ring (bicyclic) bond motifs is 1. The quantitative estimate of drug-likeness (QED) is 0.927. The topological polar surface area (TPSA) is 72.7 Å². The number of nitrogens with zero attached hydrogens (tertiary/aromatic N) is 4. The standard InChI is InChI=1S/C12H13N5OS/c18-10(12-15-14-11(19-12)7-3-4-7)13-9-6-8-2-1-5-17(8)16-9/h6-7H,1-5H2,(H,13,16,18). The van der Waals surface area contributed by atoms with Gasteiger partial charge in [0.15, 0.2) is 5.82 Å². The Morgan fingerprint density at radius 2 is 2.32 bits per heavy atom. The van der Waals surface area contributed by atoms with E-state index in [1.807, 2.05) is 10.7 Å². The molecule has 1 saturated carbocycles. The number of aryl methyl sites for hydroxylation is 2. The van der Waals surface area contributed by atoms with Crippen LogP contribution in [0.15, 0.2) is 6.07 Å². The van der Waals surface area contributed by atoms with Crippen molar-refractivity contribution in [3.05, 3.63) is 21.8 Å². The Morgan fingerprint density at radius 1 is 1.42 bits per heavy atom. The van der Waals surface area contributed by atoms with E-state index in [0.717, 1.165) is 24.4 Å². The minimum absolute atomic E-state index is 0.207. The summed E-state index contributed by atoms with van der Waals surface area (Å²) in [5.74, 6) is 0.944. The largest absolute Gasteiger partial charge is 0.303 e. The van der Waals surface area contributed by atoms with Gasteiger partial charge in [-0.3, -0.25) is 9.48 Å². The van der Waals surface area contributed by atoms with Gasteiger partial charge in [0, 0.05) is 24.2 Å². The van der Waals surface area contributed by atoms with Gasteiger partial charge in [0.25, 0.3) is 5.91 Å². The average Bonchev–Trinajstić information content (AvgIpc) is 2.83. The van der Waals surface area contributed by atoms with Crippen LogP contribution >= 0.6 is 11.3 Å². The summed E-state index contributed by atoms with van der Waals surface area (Å²) in [4.78, 5) is 12.0. The molecule has 0 saturated heterocycles. The predicted octanol–water partition coefficient (Wildman–Crippen LogP) is 1.81. The smallest absolute Gasteiger partial charge is 0.287 e. The number of aromatic nitrogens is 4. The highest BCUT2D eigenvalue weighted by atomic mass is 32.1. The molecular formula is C12H13N5OS. The van der Waals surface area contributed by atoms with Gasteiger partial charge in [-0.2, -0.15) is 5.10 Å². The van der Waals surface area contributed by atoms with Crippen LogP contribution in [0.2, 0.25) is 0 Å². The van der Waals surface area contributed by atoms with E-state index in [1.165, 1.54) is 29.9 Å². The minimum atomic E-state index is -0.207. The molecule has 2 aliphatic rings. The third kappa shape index (κ3) is 2.03. The molecule has 0 bridgehead atoms. The number of carbonyl (C=O) groups excluding carboxylic acids is 1. The SMILES string of the molecule is O=C(Nc1cc2n(n1)CCC2)c1nnc(C2CC2)s1. The molecule has 1 amide bonds. The molecule has 0 aromatic carbocycles. The van der Waals surface area contributed by atoms with Crippen molar-refractivity contribution in [3.63, 3.8) is 0 Å². The Morgan fingerprint density at radius 3 is 3.11 bits per heavy atom. The highest BCUT2D eigenvalue weighted by molar-refractivity contribution is 7.13. The summed E-state index contributed by atoms with van der Waals surface area (Å²) in [5, 5.41) is 16.6. The minimum Gasteiger partial charge on any atom is -0.303 e. The van der Waals surface area contributed by atoms with Crippen LogP contribution in [0, 0.1) is 0 Å². The molecule has 1 aliphatic heterocycles. The van der Waals surface area contributed by atoms with Crippen LogP contribution in [-0.2, 0) is 13.0 Å². The molecule has 98 valence electrons. The Kier molecular flexibility index (Phi) is 2.41. The van der Waals surface area contributed by atoms with Crippen molar-refractivity contribution in [2.24, 2.45) is 0 Å². The molecule has 7 heteroatoms. The molecule has 2 aromatic heterocycles. The lowest BCUT2D eigenvalue weighted by atomic mass is 10.3. The van der Waals surface area contributed by atoms with Crippen molar-refractivity contribution in [3.8, 4) is 0 Å². The Balaban J connectivity index is 1.49. The Hall–Kier alpha value is -1.76. The number of anilines is 1. The van der Waals surface area contributed by atoms with Crippen LogP contribution in [-0.4, -0.2) is 25.9 Å². The van der Waals surface area contributed by atoms with Gasteiger partial charge in [-0.25, -0.2) is 0 Å². The second kappa shape index (κ2) is 4.12. The Labute approximate surface area is 113 Å². The third-order valence-electron chi connectivity index (χ3n) is 3.47. The summed E-state index contributed by atoms with van der Waals surface area (Å²) in [6.45, 7) is 0.940. The van der Waals surface area contributed by atoms with Gasteiger partial charge >= 0.3 is 0 Å². The molecule has 19 heavy (non-hydrogen) atoms. The maximum absolute atomic E-state index is 12.0. The molecule has 0 radical (unpaired) electrons. The lowest BCUT2D eigenvalue weighted by molar-refractivity contribution is 0.102. The lowest BCUT2D eigenvalue weighted by Crippen LogP contribution is -2.12. The van der Waals surface area contributed by atoms with Gasteiger partial charge in [-0.1, -0.05) is 11.3 Å². The van der Waals surface area contributed by atoms with Crippen molar-refractivity contribution in [1.29, 1.82) is 0 Å². The molecule has 1 N–H and O–H groups in total. The van der Waals surface area contributed by atoms with Gasteiger partial charge in [-0.05, 0) is 25.7 Å². The number of hydrogen-bond donors (Lipinski definition) is 1. The molecule has 0 spiro atoms. The highest BCUT2D eigenvalue weighted by Crippen LogP contribution is 2.41. The summed E-state index contributed by atoms with van der Waals surface area (Å²) in [6, 6.07) is 1.94.